The van der Waals surface area contributed by atoms with Crippen LogP contribution in [0.5, 0.6) is 0 Å². The molecule has 3 aromatic rings. The van der Waals surface area contributed by atoms with Crippen molar-refractivity contribution in [1.82, 2.24) is 14.1 Å². The number of benzene rings is 2. The van der Waals surface area contributed by atoms with Gasteiger partial charge in [0.2, 0.25) is 10.0 Å². The fourth-order valence-electron chi connectivity index (χ4n) is 4.49. The van der Waals surface area contributed by atoms with Crippen molar-refractivity contribution in [3.8, 4) is 0 Å². The van der Waals surface area contributed by atoms with Crippen LogP contribution < -0.4 is 5.32 Å². The number of hydrogen-bond acceptors (Lipinski definition) is 4. The number of aromatic nitrogens is 2. The highest BCUT2D eigenvalue weighted by atomic mass is 32.2. The lowest BCUT2D eigenvalue weighted by Crippen LogP contribution is -2.32. The Morgan fingerprint density at radius 2 is 1.66 bits per heavy atom. The minimum absolute atomic E-state index is 0.292. The van der Waals surface area contributed by atoms with Gasteiger partial charge in [-0.15, -0.1) is 0 Å². The third-order valence-corrected chi connectivity index (χ3v) is 8.69. The van der Waals surface area contributed by atoms with Gasteiger partial charge in [0.1, 0.15) is 10.7 Å². The number of amides is 1. The summed E-state index contributed by atoms with van der Waals surface area (Å²) >= 11 is 0. The Hall–Kier alpha value is -3.04. The molecule has 7 nitrogen and oxygen atoms in total. The topological polar surface area (TPSA) is 84.3 Å². The highest BCUT2D eigenvalue weighted by Crippen LogP contribution is 2.26. The Morgan fingerprint density at radius 3 is 2.31 bits per heavy atom. The summed E-state index contributed by atoms with van der Waals surface area (Å²) in [6, 6.07) is 11.6. The summed E-state index contributed by atoms with van der Waals surface area (Å²) in [4.78, 5) is 12.9. The predicted molar refractivity (Wildman–Crippen MR) is 134 cm³/mol. The maximum atomic E-state index is 13.8. The van der Waals surface area contributed by atoms with E-state index in [1.165, 1.54) is 6.07 Å². The molecule has 0 spiro atoms. The Balaban J connectivity index is 1.50. The third kappa shape index (κ3) is 5.31. The van der Waals surface area contributed by atoms with Crippen LogP contribution in [0.2, 0.25) is 0 Å². The van der Waals surface area contributed by atoms with Crippen LogP contribution in [0.1, 0.15) is 58.6 Å². The van der Waals surface area contributed by atoms with Gasteiger partial charge in [-0.2, -0.15) is 9.40 Å². The van der Waals surface area contributed by atoms with Gasteiger partial charge in [0.05, 0.1) is 17.9 Å². The van der Waals surface area contributed by atoms with Gasteiger partial charge in [-0.25, -0.2) is 12.8 Å². The molecule has 2 aromatic carbocycles. The van der Waals surface area contributed by atoms with Crippen LogP contribution in [0.15, 0.2) is 47.4 Å². The molecule has 0 bridgehead atoms. The lowest BCUT2D eigenvalue weighted by atomic mass is 10.1. The van der Waals surface area contributed by atoms with Crippen LogP contribution in [-0.2, 0) is 16.6 Å². The summed E-state index contributed by atoms with van der Waals surface area (Å²) in [6.45, 7) is 6.61. The van der Waals surface area contributed by atoms with Crippen LogP contribution in [0.25, 0.3) is 0 Å². The summed E-state index contributed by atoms with van der Waals surface area (Å²) in [5.41, 5.74) is 3.24. The number of hydrogen-bond donors (Lipinski definition) is 1. The number of nitrogens with one attached hydrogen (secondary N) is 1. The zero-order chi connectivity index (χ0) is 25.2. The minimum atomic E-state index is -3.60. The minimum Gasteiger partial charge on any atom is -0.322 e. The average Bonchev–Trinajstić information content (AvgIpc) is 3.00. The first-order valence-electron chi connectivity index (χ1n) is 11.9. The van der Waals surface area contributed by atoms with E-state index in [0.29, 0.717) is 52.7 Å². The van der Waals surface area contributed by atoms with Gasteiger partial charge in [-0.05, 0) is 63.4 Å². The monoisotopic (exact) mass is 498 g/mol. The molecule has 1 aliphatic heterocycles. The van der Waals surface area contributed by atoms with Crippen molar-refractivity contribution in [1.29, 1.82) is 0 Å². The predicted octanol–water partition coefficient (Wildman–Crippen LogP) is 4.81. The lowest BCUT2D eigenvalue weighted by molar-refractivity contribution is 0.102. The SMILES string of the molecule is Cc1nn(Cc2ccc(C(=O)Nc3cccc(F)c3C)cc2)c(C)c1S(=O)(=O)N1CCCCCC1. The van der Waals surface area contributed by atoms with Crippen molar-refractivity contribution >= 4 is 21.6 Å². The second kappa shape index (κ2) is 10.3. The zero-order valence-electron chi connectivity index (χ0n) is 20.3. The smallest absolute Gasteiger partial charge is 0.255 e. The molecule has 1 aromatic heterocycles. The lowest BCUT2D eigenvalue weighted by Gasteiger charge is -2.20. The van der Waals surface area contributed by atoms with E-state index in [9.17, 15) is 17.6 Å². The van der Waals surface area contributed by atoms with Gasteiger partial charge in [-0.3, -0.25) is 9.48 Å². The average molecular weight is 499 g/mol. The first-order valence-corrected chi connectivity index (χ1v) is 13.3. The maximum absolute atomic E-state index is 13.8. The number of sulfonamides is 1. The summed E-state index contributed by atoms with van der Waals surface area (Å²) in [7, 11) is -3.60. The molecule has 9 heteroatoms. The van der Waals surface area contributed by atoms with E-state index < -0.39 is 10.0 Å². The first-order chi connectivity index (χ1) is 16.7. The number of rotatable bonds is 6. The highest BCUT2D eigenvalue weighted by molar-refractivity contribution is 7.89. The number of halogens is 1. The second-order valence-corrected chi connectivity index (χ2v) is 10.9. The molecule has 186 valence electrons. The van der Waals surface area contributed by atoms with Crippen molar-refractivity contribution in [3.63, 3.8) is 0 Å². The van der Waals surface area contributed by atoms with Crippen LogP contribution in [-0.4, -0.2) is 41.5 Å². The highest BCUT2D eigenvalue weighted by Gasteiger charge is 2.31. The maximum Gasteiger partial charge on any atom is 0.255 e. The van der Waals surface area contributed by atoms with Gasteiger partial charge < -0.3 is 5.32 Å². The first kappa shape index (κ1) is 25.1. The number of carbonyl (C=O) groups excluding carboxylic acids is 1. The molecule has 1 saturated heterocycles. The molecular weight excluding hydrogens is 467 g/mol. The summed E-state index contributed by atoms with van der Waals surface area (Å²) in [5, 5.41) is 7.26. The molecule has 4 rings (SSSR count). The molecule has 1 amide bonds. The number of carbonyl (C=O) groups is 1. The molecule has 35 heavy (non-hydrogen) atoms. The fourth-order valence-corrected chi connectivity index (χ4v) is 6.38. The molecule has 0 atom stereocenters. The van der Waals surface area contributed by atoms with Crippen LogP contribution in [0.3, 0.4) is 0 Å². The zero-order valence-corrected chi connectivity index (χ0v) is 21.2. The molecule has 0 saturated carbocycles. The van der Waals surface area contributed by atoms with Gasteiger partial charge in [0.25, 0.3) is 5.91 Å². The Labute approximate surface area is 206 Å². The standard InChI is InChI=1S/C26H31FN4O3S/c1-18-23(27)9-8-10-24(18)28-26(32)22-13-11-21(12-14-22)17-31-20(3)25(19(2)29-31)35(33,34)30-15-6-4-5-7-16-30/h8-14H,4-7,15-17H2,1-3H3,(H,28,32). The van der Waals surface area contributed by atoms with E-state index in [1.54, 1.807) is 54.0 Å². The van der Waals surface area contributed by atoms with E-state index in [1.807, 2.05) is 12.1 Å². The summed E-state index contributed by atoms with van der Waals surface area (Å²) in [6.07, 6.45) is 3.87. The van der Waals surface area contributed by atoms with Crippen LogP contribution in [0.4, 0.5) is 10.1 Å². The number of anilines is 1. The molecule has 1 aliphatic rings. The Morgan fingerprint density at radius 1 is 1.00 bits per heavy atom. The molecule has 0 unspecified atom stereocenters. The van der Waals surface area contributed by atoms with Crippen molar-refractivity contribution in [2.24, 2.45) is 0 Å². The van der Waals surface area contributed by atoms with Crippen molar-refractivity contribution in [2.75, 3.05) is 18.4 Å². The third-order valence-electron chi connectivity index (χ3n) is 6.54. The van der Waals surface area contributed by atoms with E-state index in [-0.39, 0.29) is 11.7 Å². The molecular formula is C26H31FN4O3S. The van der Waals surface area contributed by atoms with E-state index in [0.717, 1.165) is 31.2 Å². The van der Waals surface area contributed by atoms with E-state index >= 15 is 0 Å². The molecule has 2 heterocycles. The quantitative estimate of drug-likeness (QED) is 0.529. The number of aryl methyl sites for hydroxylation is 1. The van der Waals surface area contributed by atoms with Crippen molar-refractivity contribution in [3.05, 3.63) is 76.4 Å². The van der Waals surface area contributed by atoms with E-state index in [4.69, 9.17) is 0 Å². The molecule has 1 fully saturated rings. The van der Waals surface area contributed by atoms with Crippen LogP contribution >= 0.6 is 0 Å². The molecule has 0 aliphatic carbocycles. The fraction of sp³-hybridized carbons (Fsp3) is 0.385. The van der Waals surface area contributed by atoms with E-state index in [2.05, 4.69) is 10.4 Å². The van der Waals surface area contributed by atoms with Gasteiger partial charge in [0.15, 0.2) is 0 Å². The Kier molecular flexibility index (Phi) is 7.37. The van der Waals surface area contributed by atoms with Crippen LogP contribution in [0, 0.1) is 26.6 Å². The summed E-state index contributed by atoms with van der Waals surface area (Å²) < 4.78 is 43.8. The largest absolute Gasteiger partial charge is 0.322 e. The van der Waals surface area contributed by atoms with Gasteiger partial charge in [0, 0.05) is 29.9 Å². The molecule has 1 N–H and O–H groups in total. The second-order valence-electron chi connectivity index (χ2n) is 9.04. The van der Waals surface area contributed by atoms with Gasteiger partial charge in [-0.1, -0.05) is 31.0 Å². The van der Waals surface area contributed by atoms with Crippen molar-refractivity contribution < 1.29 is 17.6 Å². The Bertz CT molecular complexity index is 1330. The normalized spacial score (nSPS) is 15.1. The molecule has 0 radical (unpaired) electrons. The summed E-state index contributed by atoms with van der Waals surface area (Å²) in [5.74, 6) is -0.706. The van der Waals surface area contributed by atoms with Crippen molar-refractivity contribution in [2.45, 2.75) is 57.9 Å². The number of nitrogens with zero attached hydrogens (tertiary/aromatic N) is 3. The van der Waals surface area contributed by atoms with Gasteiger partial charge >= 0.3 is 0 Å².